The van der Waals surface area contributed by atoms with Gasteiger partial charge in [0.1, 0.15) is 11.8 Å². The number of pyridine rings is 1. The minimum atomic E-state index is -0.351. The highest BCUT2D eigenvalue weighted by Crippen LogP contribution is 2.14. The van der Waals surface area contributed by atoms with Crippen molar-refractivity contribution in [1.29, 1.82) is 5.26 Å². The van der Waals surface area contributed by atoms with Gasteiger partial charge in [0.05, 0.1) is 13.2 Å². The predicted molar refractivity (Wildman–Crippen MR) is 72.4 cm³/mol. The molecule has 1 unspecified atom stereocenters. The molecule has 4 heteroatoms. The Morgan fingerprint density at radius 2 is 2.11 bits per heavy atom. The number of hydrogen-bond donors (Lipinski definition) is 1. The number of rotatable bonds is 5. The summed E-state index contributed by atoms with van der Waals surface area (Å²) in [5, 5.41) is 12.4. The highest BCUT2D eigenvalue weighted by molar-refractivity contribution is 5.27. The fourth-order valence-electron chi connectivity index (χ4n) is 1.75. The summed E-state index contributed by atoms with van der Waals surface area (Å²) < 4.78 is 5.10. The smallest absolute Gasteiger partial charge is 0.123 e. The van der Waals surface area contributed by atoms with Crippen LogP contribution in [-0.4, -0.2) is 12.1 Å². The number of hydrogen-bond acceptors (Lipinski definition) is 4. The Morgan fingerprint density at radius 1 is 1.32 bits per heavy atom. The van der Waals surface area contributed by atoms with Crippen molar-refractivity contribution in [3.8, 4) is 11.8 Å². The van der Waals surface area contributed by atoms with Crippen molar-refractivity contribution in [2.45, 2.75) is 12.6 Å². The largest absolute Gasteiger partial charge is 0.497 e. The standard InChI is InChI=1S/C15H15N3O/c1-19-14-6-4-12(5-7-14)10-18-15(9-16)13-3-2-8-17-11-13/h2-8,11,15,18H,10H2,1H3. The quantitative estimate of drug-likeness (QED) is 0.889. The minimum Gasteiger partial charge on any atom is -0.497 e. The van der Waals surface area contributed by atoms with Crippen molar-refractivity contribution in [2.75, 3.05) is 7.11 Å². The molecule has 0 saturated heterocycles. The van der Waals surface area contributed by atoms with E-state index in [1.165, 1.54) is 0 Å². The van der Waals surface area contributed by atoms with Crippen LogP contribution in [0.5, 0.6) is 5.75 Å². The van der Waals surface area contributed by atoms with Gasteiger partial charge >= 0.3 is 0 Å². The van der Waals surface area contributed by atoms with E-state index in [1.54, 1.807) is 19.5 Å². The third kappa shape index (κ3) is 3.54. The highest BCUT2D eigenvalue weighted by atomic mass is 16.5. The first-order valence-corrected chi connectivity index (χ1v) is 5.99. The Labute approximate surface area is 112 Å². The first-order valence-electron chi connectivity index (χ1n) is 5.99. The van der Waals surface area contributed by atoms with Crippen molar-refractivity contribution in [1.82, 2.24) is 10.3 Å². The summed E-state index contributed by atoms with van der Waals surface area (Å²) in [4.78, 5) is 4.02. The van der Waals surface area contributed by atoms with Crippen molar-refractivity contribution in [3.63, 3.8) is 0 Å². The molecule has 1 aromatic carbocycles. The highest BCUT2D eigenvalue weighted by Gasteiger charge is 2.09. The molecule has 1 heterocycles. The molecule has 19 heavy (non-hydrogen) atoms. The fourth-order valence-corrected chi connectivity index (χ4v) is 1.75. The molecule has 0 fully saturated rings. The maximum Gasteiger partial charge on any atom is 0.123 e. The molecule has 0 aliphatic carbocycles. The van der Waals surface area contributed by atoms with Crippen molar-refractivity contribution >= 4 is 0 Å². The first-order chi connectivity index (χ1) is 9.33. The maximum atomic E-state index is 9.18. The lowest BCUT2D eigenvalue weighted by Crippen LogP contribution is -2.19. The fraction of sp³-hybridized carbons (Fsp3) is 0.200. The van der Waals surface area contributed by atoms with Crippen LogP contribution < -0.4 is 10.1 Å². The first kappa shape index (κ1) is 13.1. The van der Waals surface area contributed by atoms with Crippen LogP contribution in [0.15, 0.2) is 48.8 Å². The molecule has 1 aromatic heterocycles. The van der Waals surface area contributed by atoms with Gasteiger partial charge in [0.25, 0.3) is 0 Å². The van der Waals surface area contributed by atoms with E-state index in [9.17, 15) is 5.26 Å². The molecule has 1 N–H and O–H groups in total. The molecule has 96 valence electrons. The number of methoxy groups -OCH3 is 1. The Bertz CT molecular complexity index is 546. The maximum absolute atomic E-state index is 9.18. The Kier molecular flexibility index (Phi) is 4.49. The Balaban J connectivity index is 1.98. The van der Waals surface area contributed by atoms with Gasteiger partial charge in [0, 0.05) is 24.5 Å². The second-order valence-electron chi connectivity index (χ2n) is 4.08. The molecular formula is C15H15N3O. The summed E-state index contributed by atoms with van der Waals surface area (Å²) >= 11 is 0. The van der Waals surface area contributed by atoms with Crippen molar-refractivity contribution in [2.24, 2.45) is 0 Å². The van der Waals surface area contributed by atoms with E-state index in [2.05, 4.69) is 16.4 Å². The molecule has 1 atom stereocenters. The van der Waals surface area contributed by atoms with E-state index >= 15 is 0 Å². The van der Waals surface area contributed by atoms with Gasteiger partial charge in [-0.1, -0.05) is 18.2 Å². The van der Waals surface area contributed by atoms with E-state index in [4.69, 9.17) is 4.74 Å². The normalized spacial score (nSPS) is 11.6. The average molecular weight is 253 g/mol. The number of aromatic nitrogens is 1. The third-order valence-corrected chi connectivity index (χ3v) is 2.82. The van der Waals surface area contributed by atoms with Crippen molar-refractivity contribution in [3.05, 3.63) is 59.9 Å². The second-order valence-corrected chi connectivity index (χ2v) is 4.08. The Morgan fingerprint density at radius 3 is 2.68 bits per heavy atom. The van der Waals surface area contributed by atoms with Gasteiger partial charge in [0.15, 0.2) is 0 Å². The Hall–Kier alpha value is -2.38. The topological polar surface area (TPSA) is 57.9 Å². The van der Waals surface area contributed by atoms with Gasteiger partial charge in [0.2, 0.25) is 0 Å². The van der Waals surface area contributed by atoms with Crippen LogP contribution >= 0.6 is 0 Å². The molecule has 0 aliphatic heterocycles. The SMILES string of the molecule is COc1ccc(CNC(C#N)c2cccnc2)cc1. The summed E-state index contributed by atoms with van der Waals surface area (Å²) in [6.07, 6.45) is 3.40. The predicted octanol–water partition coefficient (Wildman–Crippen LogP) is 2.44. The zero-order valence-corrected chi connectivity index (χ0v) is 10.7. The molecule has 0 bridgehead atoms. The molecule has 4 nitrogen and oxygen atoms in total. The number of ether oxygens (including phenoxy) is 1. The van der Waals surface area contributed by atoms with Gasteiger partial charge in [-0.15, -0.1) is 0 Å². The van der Waals surface area contributed by atoms with Crippen molar-refractivity contribution < 1.29 is 4.74 Å². The van der Waals surface area contributed by atoms with Crippen LogP contribution in [0.2, 0.25) is 0 Å². The number of benzene rings is 1. The lowest BCUT2D eigenvalue weighted by molar-refractivity contribution is 0.414. The molecule has 2 rings (SSSR count). The average Bonchev–Trinajstić information content (AvgIpc) is 2.49. The van der Waals surface area contributed by atoms with Gasteiger partial charge in [-0.2, -0.15) is 5.26 Å². The molecule has 0 amide bonds. The summed E-state index contributed by atoms with van der Waals surface area (Å²) in [6, 6.07) is 13.4. The lowest BCUT2D eigenvalue weighted by Gasteiger charge is -2.11. The van der Waals surface area contributed by atoms with Gasteiger partial charge in [-0.25, -0.2) is 0 Å². The van der Waals surface area contributed by atoms with Gasteiger partial charge in [-0.05, 0) is 23.8 Å². The zero-order valence-electron chi connectivity index (χ0n) is 10.7. The summed E-state index contributed by atoms with van der Waals surface area (Å²) in [6.45, 7) is 0.622. The summed E-state index contributed by atoms with van der Waals surface area (Å²) in [7, 11) is 1.64. The molecule has 0 spiro atoms. The molecule has 0 radical (unpaired) electrons. The van der Waals surface area contributed by atoms with Crippen LogP contribution in [0.3, 0.4) is 0 Å². The number of nitriles is 1. The molecular weight excluding hydrogens is 238 g/mol. The lowest BCUT2D eigenvalue weighted by atomic mass is 10.1. The van der Waals surface area contributed by atoms with E-state index in [1.807, 2.05) is 36.4 Å². The van der Waals surface area contributed by atoms with Gasteiger partial charge in [-0.3, -0.25) is 10.3 Å². The zero-order chi connectivity index (χ0) is 13.5. The van der Waals surface area contributed by atoms with E-state index < -0.39 is 0 Å². The summed E-state index contributed by atoms with van der Waals surface area (Å²) in [5.41, 5.74) is 1.98. The van der Waals surface area contributed by atoms with Crippen LogP contribution in [-0.2, 0) is 6.54 Å². The third-order valence-electron chi connectivity index (χ3n) is 2.82. The summed E-state index contributed by atoms with van der Waals surface area (Å²) in [5.74, 6) is 0.827. The van der Waals surface area contributed by atoms with Crippen LogP contribution in [0.4, 0.5) is 0 Å². The van der Waals surface area contributed by atoms with Crippen LogP contribution in [0, 0.1) is 11.3 Å². The number of nitrogens with one attached hydrogen (secondary N) is 1. The second kappa shape index (κ2) is 6.53. The minimum absolute atomic E-state index is 0.351. The molecule has 2 aromatic rings. The monoisotopic (exact) mass is 253 g/mol. The molecule has 0 saturated carbocycles. The van der Waals surface area contributed by atoms with E-state index in [0.29, 0.717) is 6.54 Å². The van der Waals surface area contributed by atoms with Gasteiger partial charge < -0.3 is 4.74 Å². The molecule has 0 aliphatic rings. The number of nitrogens with zero attached hydrogens (tertiary/aromatic N) is 2. The van der Waals surface area contributed by atoms with Crippen LogP contribution in [0.1, 0.15) is 17.2 Å². The van der Waals surface area contributed by atoms with Crippen LogP contribution in [0.25, 0.3) is 0 Å². The van der Waals surface area contributed by atoms with E-state index in [0.717, 1.165) is 16.9 Å². The van der Waals surface area contributed by atoms with E-state index in [-0.39, 0.29) is 6.04 Å².